The van der Waals surface area contributed by atoms with Gasteiger partial charge in [-0.1, -0.05) is 13.8 Å². The van der Waals surface area contributed by atoms with Crippen molar-refractivity contribution in [3.63, 3.8) is 0 Å². The van der Waals surface area contributed by atoms with Crippen LogP contribution in [0, 0.1) is 5.92 Å². The molecular formula is C32H56N10O9. The fourth-order valence-corrected chi connectivity index (χ4v) is 6.25. The number of nitrogens with two attached hydrogens (primary N) is 4. The second kappa shape index (κ2) is 21.0. The van der Waals surface area contributed by atoms with Gasteiger partial charge in [0.2, 0.25) is 29.5 Å². The minimum absolute atomic E-state index is 0.0628. The molecule has 0 aromatic carbocycles. The van der Waals surface area contributed by atoms with Crippen molar-refractivity contribution >= 4 is 47.4 Å². The molecule has 2 aliphatic rings. The smallest absolute Gasteiger partial charge is 0.326 e. The molecule has 0 radical (unpaired) electrons. The third-order valence-corrected chi connectivity index (χ3v) is 9.03. The number of carboxylic acids is 2. The van der Waals surface area contributed by atoms with E-state index in [9.17, 15) is 38.7 Å². The monoisotopic (exact) mass is 724 g/mol. The Balaban J connectivity index is 2.16. The van der Waals surface area contributed by atoms with Gasteiger partial charge >= 0.3 is 11.9 Å². The van der Waals surface area contributed by atoms with Crippen LogP contribution in [0.3, 0.4) is 0 Å². The highest BCUT2D eigenvalue weighted by Gasteiger charge is 2.42. The lowest BCUT2D eigenvalue weighted by molar-refractivity contribution is -0.145. The summed E-state index contributed by atoms with van der Waals surface area (Å²) in [4.78, 5) is 96.8. The summed E-state index contributed by atoms with van der Waals surface area (Å²) in [5.74, 6) is -6.00. The zero-order valence-corrected chi connectivity index (χ0v) is 29.6. The van der Waals surface area contributed by atoms with Crippen LogP contribution in [0.25, 0.3) is 0 Å². The number of aliphatic carboxylic acids is 2. The highest BCUT2D eigenvalue weighted by atomic mass is 16.4. The summed E-state index contributed by atoms with van der Waals surface area (Å²) in [6.45, 7) is 4.52. The van der Waals surface area contributed by atoms with Crippen molar-refractivity contribution in [2.75, 3.05) is 26.2 Å². The zero-order valence-electron chi connectivity index (χ0n) is 29.6. The lowest BCUT2D eigenvalue weighted by Crippen LogP contribution is -2.59. The lowest BCUT2D eigenvalue weighted by atomic mass is 10.0. The third kappa shape index (κ3) is 13.3. The molecule has 0 spiro atoms. The van der Waals surface area contributed by atoms with E-state index >= 15 is 0 Å². The molecule has 0 aliphatic carbocycles. The van der Waals surface area contributed by atoms with E-state index in [1.165, 1.54) is 9.80 Å². The first-order valence-corrected chi connectivity index (χ1v) is 17.6. The predicted molar refractivity (Wildman–Crippen MR) is 185 cm³/mol. The van der Waals surface area contributed by atoms with Crippen molar-refractivity contribution in [3.8, 4) is 0 Å². The maximum absolute atomic E-state index is 14.0. The second-order valence-electron chi connectivity index (χ2n) is 13.3. The molecule has 0 aromatic heterocycles. The van der Waals surface area contributed by atoms with Crippen LogP contribution in [0.2, 0.25) is 0 Å². The van der Waals surface area contributed by atoms with Gasteiger partial charge in [0.05, 0.1) is 6.04 Å². The molecule has 19 heteroatoms. The Hall–Kier alpha value is -4.52. The maximum atomic E-state index is 14.0. The molecule has 19 nitrogen and oxygen atoms in total. The highest BCUT2D eigenvalue weighted by molar-refractivity contribution is 5.97. The van der Waals surface area contributed by atoms with Gasteiger partial charge in [-0.05, 0) is 76.7 Å². The Bertz CT molecular complexity index is 1280. The van der Waals surface area contributed by atoms with Crippen molar-refractivity contribution in [1.82, 2.24) is 25.8 Å². The quantitative estimate of drug-likeness (QED) is 0.0337. The van der Waals surface area contributed by atoms with Gasteiger partial charge in [0.1, 0.15) is 30.2 Å². The molecule has 2 fully saturated rings. The van der Waals surface area contributed by atoms with Crippen LogP contribution in [0.4, 0.5) is 0 Å². The SMILES string of the molecule is CC(C)[C@H](NC(=O)[C@@H]1CCCN1C(=O)[C@H](CCCCN)NC(=O)[C@@H]1CCCN1C(=O)[C@@H](N)CCCN=C(N)N)C(=O)N[C@@H](CCC(=O)O)C(=O)O. The number of hydrogen-bond acceptors (Lipinski definition) is 10. The number of guanidine groups is 1. The van der Waals surface area contributed by atoms with E-state index in [2.05, 4.69) is 20.9 Å². The first kappa shape index (κ1) is 42.6. The summed E-state index contributed by atoms with van der Waals surface area (Å²) in [6.07, 6.45) is 3.00. The molecule has 2 aliphatic heterocycles. The van der Waals surface area contributed by atoms with Gasteiger partial charge in [0, 0.05) is 26.1 Å². The summed E-state index contributed by atoms with van der Waals surface area (Å²) in [7, 11) is 0. The molecule has 0 aromatic rings. The van der Waals surface area contributed by atoms with Crippen LogP contribution >= 0.6 is 0 Å². The number of aliphatic imine (C=N–C) groups is 1. The van der Waals surface area contributed by atoms with Crippen LogP contribution in [-0.2, 0) is 33.6 Å². The standard InChI is InChI=1S/C32H56N10O9/c1-18(2)25(28(47)39-21(31(50)51)12-13-24(43)44)40-27(46)23-11-7-17-42(23)30(49)20(9-3-4-14-33)38-26(45)22-10-6-16-41(22)29(48)19(34)8-5-15-37-32(35)36/h18-23,25H,3-17,33-34H2,1-2H3,(H,38,45)(H,39,47)(H,40,46)(H,43,44)(H,50,51)(H4,35,36,37)/t19-,20-,21-,22-,23-,25-/m0/s1. The number of hydrogen-bond donors (Lipinski definition) is 9. The molecule has 0 unspecified atom stereocenters. The molecule has 0 saturated carbocycles. The molecule has 5 amide bonds. The summed E-state index contributed by atoms with van der Waals surface area (Å²) in [6, 6.07) is -6.34. The number of carbonyl (C=O) groups is 7. The van der Waals surface area contributed by atoms with E-state index < -0.39 is 84.2 Å². The predicted octanol–water partition coefficient (Wildman–Crippen LogP) is -2.46. The number of carboxylic acid groups (broad SMARTS) is 2. The molecule has 13 N–H and O–H groups in total. The van der Waals surface area contributed by atoms with E-state index in [0.717, 1.165) is 0 Å². The summed E-state index contributed by atoms with van der Waals surface area (Å²) < 4.78 is 0. The summed E-state index contributed by atoms with van der Waals surface area (Å²) >= 11 is 0. The van der Waals surface area contributed by atoms with E-state index in [1.807, 2.05) is 0 Å². The van der Waals surface area contributed by atoms with Crippen molar-refractivity contribution < 1.29 is 43.8 Å². The molecule has 51 heavy (non-hydrogen) atoms. The van der Waals surface area contributed by atoms with Crippen molar-refractivity contribution in [2.24, 2.45) is 33.8 Å². The number of likely N-dealkylation sites (tertiary alicyclic amines) is 2. The Morgan fingerprint density at radius 3 is 1.90 bits per heavy atom. The van der Waals surface area contributed by atoms with Gasteiger partial charge < -0.3 is 58.9 Å². The largest absolute Gasteiger partial charge is 0.481 e. The average molecular weight is 725 g/mol. The van der Waals surface area contributed by atoms with Crippen molar-refractivity contribution in [1.29, 1.82) is 0 Å². The molecule has 6 atom stereocenters. The van der Waals surface area contributed by atoms with Crippen LogP contribution in [0.15, 0.2) is 4.99 Å². The number of amides is 5. The lowest BCUT2D eigenvalue weighted by Gasteiger charge is -2.32. The van der Waals surface area contributed by atoms with Crippen LogP contribution in [0.1, 0.15) is 84.5 Å². The Morgan fingerprint density at radius 1 is 0.784 bits per heavy atom. The number of unbranched alkanes of at least 4 members (excludes halogenated alkanes) is 1. The Morgan fingerprint density at radius 2 is 1.37 bits per heavy atom. The van der Waals surface area contributed by atoms with Gasteiger partial charge in [-0.15, -0.1) is 0 Å². The van der Waals surface area contributed by atoms with Gasteiger partial charge in [0.25, 0.3) is 0 Å². The average Bonchev–Trinajstić information content (AvgIpc) is 3.76. The topological polar surface area (TPSA) is 319 Å². The van der Waals surface area contributed by atoms with Crippen molar-refractivity contribution in [2.45, 2.75) is 121 Å². The Labute approximate surface area is 297 Å². The Kier molecular flexibility index (Phi) is 17.5. The van der Waals surface area contributed by atoms with E-state index in [4.69, 9.17) is 28.0 Å². The van der Waals surface area contributed by atoms with E-state index in [0.29, 0.717) is 64.6 Å². The summed E-state index contributed by atoms with van der Waals surface area (Å²) in [5, 5.41) is 26.2. The molecule has 0 bridgehead atoms. The molecule has 2 heterocycles. The van der Waals surface area contributed by atoms with Gasteiger partial charge in [-0.2, -0.15) is 0 Å². The second-order valence-corrected chi connectivity index (χ2v) is 13.3. The van der Waals surface area contributed by atoms with Gasteiger partial charge in [-0.3, -0.25) is 33.8 Å². The van der Waals surface area contributed by atoms with Gasteiger partial charge in [0.15, 0.2) is 5.96 Å². The number of nitrogens with zero attached hydrogens (tertiary/aromatic N) is 3. The minimum atomic E-state index is -1.48. The highest BCUT2D eigenvalue weighted by Crippen LogP contribution is 2.23. The summed E-state index contributed by atoms with van der Waals surface area (Å²) in [5.41, 5.74) is 22.5. The molecule has 2 rings (SSSR count). The first-order chi connectivity index (χ1) is 24.1. The zero-order chi connectivity index (χ0) is 38.2. The molecular weight excluding hydrogens is 668 g/mol. The fraction of sp³-hybridized carbons (Fsp3) is 0.750. The van der Waals surface area contributed by atoms with E-state index in [-0.39, 0.29) is 37.7 Å². The first-order valence-electron chi connectivity index (χ1n) is 17.6. The van der Waals surface area contributed by atoms with E-state index in [1.54, 1.807) is 13.8 Å². The number of nitrogens with one attached hydrogen (secondary N) is 3. The van der Waals surface area contributed by atoms with Gasteiger partial charge in [-0.25, -0.2) is 4.79 Å². The molecule has 2 saturated heterocycles. The van der Waals surface area contributed by atoms with Crippen molar-refractivity contribution in [3.05, 3.63) is 0 Å². The fourth-order valence-electron chi connectivity index (χ4n) is 6.25. The maximum Gasteiger partial charge on any atom is 0.326 e. The third-order valence-electron chi connectivity index (χ3n) is 9.03. The van der Waals surface area contributed by atoms with Crippen LogP contribution in [0.5, 0.6) is 0 Å². The normalized spacial score (nSPS) is 19.5. The molecule has 288 valence electrons. The minimum Gasteiger partial charge on any atom is -0.481 e. The number of carbonyl (C=O) groups excluding carboxylic acids is 5. The van der Waals surface area contributed by atoms with Crippen LogP contribution < -0.4 is 38.9 Å². The number of rotatable bonds is 21. The van der Waals surface area contributed by atoms with Crippen LogP contribution in [-0.4, -0.2) is 130 Å².